The van der Waals surface area contributed by atoms with Crippen LogP contribution in [0.25, 0.3) is 10.9 Å². The molecule has 0 spiro atoms. The maximum atomic E-state index is 11.8. The van der Waals surface area contributed by atoms with E-state index in [0.717, 1.165) is 39.4 Å². The van der Waals surface area contributed by atoms with Crippen LogP contribution in [0.15, 0.2) is 30.5 Å². The molecule has 170 valence electrons. The number of fused-ring (bicyclic) bond motifs is 3. The van der Waals surface area contributed by atoms with Crippen molar-refractivity contribution in [2.75, 3.05) is 26.6 Å². The van der Waals surface area contributed by atoms with E-state index in [-0.39, 0.29) is 38.2 Å². The monoisotopic (exact) mass is 665 g/mol. The summed E-state index contributed by atoms with van der Waals surface area (Å²) in [6.07, 6.45) is 1.58. The molecule has 0 saturated heterocycles. The molecule has 2 aromatic heterocycles. The molecule has 0 unspecified atom stereocenters. The third kappa shape index (κ3) is 5.34. The number of nitrogens with zero attached hydrogens (tertiary/aromatic N) is 2. The number of hydrogen-bond donors (Lipinski definition) is 1. The first kappa shape index (κ1) is 25.9. The van der Waals surface area contributed by atoms with Crippen LogP contribution in [0.5, 0.6) is 11.5 Å². The summed E-state index contributed by atoms with van der Waals surface area (Å²) in [5.41, 5.74) is 3.89. The van der Waals surface area contributed by atoms with Crippen LogP contribution in [-0.2, 0) is 29.2 Å². The molecule has 0 radical (unpaired) electrons. The number of carbonyl (C=O) groups excluding carboxylic acids is 1. The molecule has 8 nitrogen and oxygen atoms in total. The predicted molar refractivity (Wildman–Crippen MR) is 120 cm³/mol. The number of methoxy groups -OCH3 is 3. The van der Waals surface area contributed by atoms with Gasteiger partial charge in [-0.25, -0.2) is 14.8 Å². The van der Waals surface area contributed by atoms with E-state index in [9.17, 15) is 4.79 Å². The number of rotatable bonds is 6. The standard InChI is InChI=1S/C21H21N3O5.C2H6.U.H2/c1-26-13-5-4-12(19(6-13)27-2)8-23-20-16-11-29-10-15(16)14-7-17(21(25)28-3)22-9-18(14)24-20;1-2;;/h4-7,9H,8,10-11H2,1-3H3,(H,23,24);1-2H3;;1H. The van der Waals surface area contributed by atoms with Gasteiger partial charge in [-0.1, -0.05) is 13.8 Å². The summed E-state index contributed by atoms with van der Waals surface area (Å²) in [7, 11) is 4.58. The van der Waals surface area contributed by atoms with E-state index in [1.165, 1.54) is 7.11 Å². The van der Waals surface area contributed by atoms with Crippen LogP contribution in [0.3, 0.4) is 0 Å². The summed E-state index contributed by atoms with van der Waals surface area (Å²) >= 11 is 0. The van der Waals surface area contributed by atoms with Gasteiger partial charge in [0.1, 0.15) is 23.0 Å². The molecular weight excluding hydrogens is 636 g/mol. The molecule has 1 aliphatic rings. The number of nitrogens with one attached hydrogen (secondary N) is 1. The van der Waals surface area contributed by atoms with Crippen molar-refractivity contribution in [3.63, 3.8) is 0 Å². The molecule has 0 aliphatic carbocycles. The van der Waals surface area contributed by atoms with Gasteiger partial charge in [-0.3, -0.25) is 0 Å². The fraction of sp³-hybridized carbons (Fsp3) is 0.348. The Balaban J connectivity index is 0.00000133. The van der Waals surface area contributed by atoms with Crippen LogP contribution < -0.4 is 14.8 Å². The largest absolute Gasteiger partial charge is 0.497 e. The second-order valence-electron chi connectivity index (χ2n) is 6.52. The van der Waals surface area contributed by atoms with Gasteiger partial charge in [-0.2, -0.15) is 0 Å². The van der Waals surface area contributed by atoms with Gasteiger partial charge in [0.15, 0.2) is 0 Å². The number of anilines is 1. The first-order valence-electron chi connectivity index (χ1n) is 10.1. The average Bonchev–Trinajstić information content (AvgIpc) is 3.33. The number of aromatic nitrogens is 2. The molecule has 3 aromatic rings. The van der Waals surface area contributed by atoms with E-state index < -0.39 is 5.97 Å². The van der Waals surface area contributed by atoms with Crippen LogP contribution in [0.1, 0.15) is 42.5 Å². The van der Waals surface area contributed by atoms with E-state index in [4.69, 9.17) is 23.9 Å². The minimum Gasteiger partial charge on any atom is -0.497 e. The van der Waals surface area contributed by atoms with Gasteiger partial charge in [-0.15, -0.1) is 0 Å². The maximum Gasteiger partial charge on any atom is 0.356 e. The molecule has 0 saturated carbocycles. The van der Waals surface area contributed by atoms with Crippen molar-refractivity contribution < 1.29 is 56.3 Å². The summed E-state index contributed by atoms with van der Waals surface area (Å²) in [5.74, 6) is 1.72. The molecule has 1 aromatic carbocycles. The summed E-state index contributed by atoms with van der Waals surface area (Å²) in [5, 5.41) is 4.23. The van der Waals surface area contributed by atoms with E-state index in [0.29, 0.717) is 25.3 Å². The molecule has 0 fully saturated rings. The van der Waals surface area contributed by atoms with Gasteiger partial charge in [0.25, 0.3) is 0 Å². The van der Waals surface area contributed by atoms with E-state index >= 15 is 0 Å². The zero-order valence-electron chi connectivity index (χ0n) is 18.9. The minimum atomic E-state index is -0.478. The molecule has 4 rings (SSSR count). The Morgan fingerprint density at radius 2 is 1.88 bits per heavy atom. The average molecular weight is 666 g/mol. The Bertz CT molecular complexity index is 1100. The molecule has 1 aliphatic heterocycles. The summed E-state index contributed by atoms with van der Waals surface area (Å²) in [6.45, 7) is 5.43. The van der Waals surface area contributed by atoms with Gasteiger partial charge in [0.2, 0.25) is 0 Å². The van der Waals surface area contributed by atoms with Crippen LogP contribution in [0, 0.1) is 31.1 Å². The van der Waals surface area contributed by atoms with Gasteiger partial charge in [0, 0.05) is 61.7 Å². The van der Waals surface area contributed by atoms with Crippen molar-refractivity contribution in [1.29, 1.82) is 0 Å². The first-order valence-corrected chi connectivity index (χ1v) is 10.1. The fourth-order valence-electron chi connectivity index (χ4n) is 3.39. The molecule has 32 heavy (non-hydrogen) atoms. The third-order valence-corrected chi connectivity index (χ3v) is 4.92. The zero-order valence-corrected chi connectivity index (χ0v) is 23.1. The van der Waals surface area contributed by atoms with Gasteiger partial charge < -0.3 is 24.3 Å². The van der Waals surface area contributed by atoms with Gasteiger partial charge in [0.05, 0.1) is 46.3 Å². The van der Waals surface area contributed by atoms with Crippen molar-refractivity contribution in [1.82, 2.24) is 9.97 Å². The topological polar surface area (TPSA) is 91.8 Å². The minimum absolute atomic E-state index is 0. The van der Waals surface area contributed by atoms with Crippen LogP contribution in [0.2, 0.25) is 0 Å². The number of benzene rings is 1. The normalized spacial score (nSPS) is 11.5. The molecule has 3 heterocycles. The van der Waals surface area contributed by atoms with Crippen molar-refractivity contribution in [3.8, 4) is 11.5 Å². The quantitative estimate of drug-likeness (QED) is 0.389. The number of hydrogen-bond acceptors (Lipinski definition) is 8. The third-order valence-electron chi connectivity index (χ3n) is 4.92. The molecular formula is C23H29N3O5U. The Morgan fingerprint density at radius 1 is 1.12 bits per heavy atom. The van der Waals surface area contributed by atoms with Crippen LogP contribution >= 0.6 is 0 Å². The smallest absolute Gasteiger partial charge is 0.356 e. The van der Waals surface area contributed by atoms with Crippen LogP contribution in [-0.4, -0.2) is 37.3 Å². The van der Waals surface area contributed by atoms with Crippen LogP contribution in [0.4, 0.5) is 5.82 Å². The maximum absolute atomic E-state index is 11.8. The van der Waals surface area contributed by atoms with E-state index in [1.54, 1.807) is 26.5 Å². The predicted octanol–water partition coefficient (Wildman–Crippen LogP) is 4.35. The second-order valence-corrected chi connectivity index (χ2v) is 6.52. The molecule has 1 N–H and O–H groups in total. The first-order chi connectivity index (χ1) is 15.1. The fourth-order valence-corrected chi connectivity index (χ4v) is 3.39. The molecule has 0 atom stereocenters. The summed E-state index contributed by atoms with van der Waals surface area (Å²) in [6, 6.07) is 7.39. The molecule has 0 amide bonds. The summed E-state index contributed by atoms with van der Waals surface area (Å²) < 4.78 is 21.1. The molecule has 0 bridgehead atoms. The van der Waals surface area contributed by atoms with Gasteiger partial charge >= 0.3 is 5.97 Å². The Morgan fingerprint density at radius 3 is 2.56 bits per heavy atom. The van der Waals surface area contributed by atoms with E-state index in [2.05, 4.69) is 10.3 Å². The number of esters is 1. The number of ether oxygens (including phenoxy) is 4. The number of pyridine rings is 2. The van der Waals surface area contributed by atoms with Crippen molar-refractivity contribution in [3.05, 3.63) is 52.8 Å². The van der Waals surface area contributed by atoms with Gasteiger partial charge in [-0.05, 0) is 23.8 Å². The Kier molecular flexibility index (Phi) is 9.76. The number of carbonyl (C=O) groups is 1. The molecule has 9 heteroatoms. The second kappa shape index (κ2) is 12.1. The van der Waals surface area contributed by atoms with E-state index in [1.807, 2.05) is 32.0 Å². The SMILES string of the molecule is CC.COC(=O)c1cc2c3c(c(NCc4ccc(OC)cc4OC)nc2cn1)COC3.[HH].[U]. The zero-order chi connectivity index (χ0) is 22.4. The van der Waals surface area contributed by atoms with Crippen molar-refractivity contribution in [2.24, 2.45) is 0 Å². The van der Waals surface area contributed by atoms with Crippen molar-refractivity contribution in [2.45, 2.75) is 33.6 Å². The Hall–Kier alpha value is -2.34. The Labute approximate surface area is 212 Å². The summed E-state index contributed by atoms with van der Waals surface area (Å²) in [4.78, 5) is 20.7. The van der Waals surface area contributed by atoms with Crippen molar-refractivity contribution >= 4 is 22.7 Å².